The third-order valence-electron chi connectivity index (χ3n) is 3.49. The van der Waals surface area contributed by atoms with Gasteiger partial charge >= 0.3 is 5.97 Å². The van der Waals surface area contributed by atoms with Crippen molar-refractivity contribution >= 4 is 21.7 Å². The van der Waals surface area contributed by atoms with E-state index < -0.39 is 16.0 Å². The molecular weight excluding hydrogens is 340 g/mol. The van der Waals surface area contributed by atoms with Gasteiger partial charge < -0.3 is 10.4 Å². The van der Waals surface area contributed by atoms with E-state index in [1.54, 1.807) is 13.8 Å². The first-order valence-electron chi connectivity index (χ1n) is 7.97. The average molecular weight is 362 g/mol. The molecule has 0 aliphatic heterocycles. The Hall–Kier alpha value is -2.38. The molecule has 0 atom stereocenters. The average Bonchev–Trinajstić information content (AvgIpc) is 2.54. The van der Waals surface area contributed by atoms with Crippen LogP contribution in [0, 0.1) is 0 Å². The molecule has 134 valence electrons. The number of carboxylic acid groups (broad SMARTS) is 1. The van der Waals surface area contributed by atoms with E-state index in [2.05, 4.69) is 10.0 Å². The highest BCUT2D eigenvalue weighted by atomic mass is 32.2. The van der Waals surface area contributed by atoms with Crippen LogP contribution in [0.5, 0.6) is 0 Å². The molecule has 0 spiro atoms. The zero-order valence-corrected chi connectivity index (χ0v) is 15.0. The first kappa shape index (κ1) is 19.0. The number of carboxylic acids is 1. The summed E-state index contributed by atoms with van der Waals surface area (Å²) in [7, 11) is -3.74. The number of anilines is 1. The van der Waals surface area contributed by atoms with Gasteiger partial charge in [0.1, 0.15) is 0 Å². The zero-order chi connectivity index (χ0) is 18.4. The van der Waals surface area contributed by atoms with Gasteiger partial charge in [-0.05, 0) is 44.0 Å². The van der Waals surface area contributed by atoms with Crippen molar-refractivity contribution in [2.75, 3.05) is 11.9 Å². The molecule has 3 N–H and O–H groups in total. The molecule has 25 heavy (non-hydrogen) atoms. The summed E-state index contributed by atoms with van der Waals surface area (Å²) in [6, 6.07) is 13.6. The minimum absolute atomic E-state index is 0.0628. The molecule has 0 aliphatic carbocycles. The second-order valence-corrected chi connectivity index (χ2v) is 7.66. The van der Waals surface area contributed by atoms with Crippen LogP contribution in [0.25, 0.3) is 0 Å². The lowest BCUT2D eigenvalue weighted by Crippen LogP contribution is -2.30. The van der Waals surface area contributed by atoms with Crippen LogP contribution < -0.4 is 10.0 Å². The molecule has 2 aromatic rings. The molecule has 0 unspecified atom stereocenters. The predicted molar refractivity (Wildman–Crippen MR) is 97.5 cm³/mol. The Bertz CT molecular complexity index is 833. The third-order valence-corrected chi connectivity index (χ3v) is 5.15. The fourth-order valence-electron chi connectivity index (χ4n) is 2.39. The van der Waals surface area contributed by atoms with Crippen molar-refractivity contribution in [1.82, 2.24) is 4.72 Å². The molecule has 0 saturated heterocycles. The smallest absolute Gasteiger partial charge is 0.337 e. The normalized spacial score (nSPS) is 11.5. The lowest BCUT2D eigenvalue weighted by atomic mass is 10.1. The van der Waals surface area contributed by atoms with Crippen LogP contribution in [0.1, 0.15) is 29.8 Å². The van der Waals surface area contributed by atoms with E-state index in [0.29, 0.717) is 12.2 Å². The monoisotopic (exact) mass is 362 g/mol. The number of hydrogen-bond acceptors (Lipinski definition) is 4. The van der Waals surface area contributed by atoms with Crippen molar-refractivity contribution in [2.24, 2.45) is 0 Å². The molecule has 0 heterocycles. The molecule has 6 nitrogen and oxygen atoms in total. The van der Waals surface area contributed by atoms with Crippen LogP contribution in [-0.2, 0) is 16.4 Å². The number of benzene rings is 2. The summed E-state index contributed by atoms with van der Waals surface area (Å²) in [5.74, 6) is -1.18. The van der Waals surface area contributed by atoms with E-state index in [1.165, 1.54) is 18.2 Å². The van der Waals surface area contributed by atoms with Gasteiger partial charge in [-0.25, -0.2) is 17.9 Å². The van der Waals surface area contributed by atoms with Gasteiger partial charge in [0.15, 0.2) is 0 Å². The third kappa shape index (κ3) is 5.30. The number of rotatable bonds is 8. The Kier molecular flexibility index (Phi) is 6.17. The maximum atomic E-state index is 12.2. The quantitative estimate of drug-likeness (QED) is 0.671. The Morgan fingerprint density at radius 1 is 1.12 bits per heavy atom. The Morgan fingerprint density at radius 3 is 2.40 bits per heavy atom. The topological polar surface area (TPSA) is 95.5 Å². The SMILES string of the molecule is CC(C)NS(=O)(=O)c1ccc(NCCc2ccccc2)c(C(=O)O)c1. The molecule has 0 fully saturated rings. The van der Waals surface area contributed by atoms with Gasteiger partial charge in [0.25, 0.3) is 0 Å². The Labute approximate surface area is 147 Å². The van der Waals surface area contributed by atoms with Crippen molar-refractivity contribution in [2.45, 2.75) is 31.2 Å². The van der Waals surface area contributed by atoms with E-state index in [-0.39, 0.29) is 16.5 Å². The molecule has 7 heteroatoms. The number of aromatic carboxylic acids is 1. The summed E-state index contributed by atoms with van der Waals surface area (Å²) >= 11 is 0. The first-order chi connectivity index (χ1) is 11.8. The highest BCUT2D eigenvalue weighted by Gasteiger charge is 2.19. The fourth-order valence-corrected chi connectivity index (χ4v) is 3.66. The van der Waals surface area contributed by atoms with Gasteiger partial charge in [0, 0.05) is 18.3 Å². The minimum Gasteiger partial charge on any atom is -0.478 e. The van der Waals surface area contributed by atoms with Gasteiger partial charge in [0.05, 0.1) is 10.5 Å². The molecule has 2 rings (SSSR count). The van der Waals surface area contributed by atoms with Gasteiger partial charge in [-0.1, -0.05) is 30.3 Å². The highest BCUT2D eigenvalue weighted by molar-refractivity contribution is 7.89. The van der Waals surface area contributed by atoms with E-state index >= 15 is 0 Å². The van der Waals surface area contributed by atoms with E-state index in [4.69, 9.17) is 0 Å². The van der Waals surface area contributed by atoms with Crippen molar-refractivity contribution in [3.05, 3.63) is 59.7 Å². The highest BCUT2D eigenvalue weighted by Crippen LogP contribution is 2.21. The maximum Gasteiger partial charge on any atom is 0.337 e. The largest absolute Gasteiger partial charge is 0.478 e. The van der Waals surface area contributed by atoms with E-state index in [1.807, 2.05) is 30.3 Å². The van der Waals surface area contributed by atoms with Gasteiger partial charge in [-0.15, -0.1) is 0 Å². The summed E-state index contributed by atoms with van der Waals surface area (Å²) in [6.07, 6.45) is 0.731. The molecule has 2 aromatic carbocycles. The summed E-state index contributed by atoms with van der Waals surface area (Å²) in [5, 5.41) is 12.5. The summed E-state index contributed by atoms with van der Waals surface area (Å²) in [6.45, 7) is 3.95. The summed E-state index contributed by atoms with van der Waals surface area (Å²) in [5.41, 5.74) is 1.46. The molecular formula is C18H22N2O4S. The van der Waals surface area contributed by atoms with Crippen LogP contribution in [-0.4, -0.2) is 32.1 Å². The second-order valence-electron chi connectivity index (χ2n) is 5.95. The number of carbonyl (C=O) groups is 1. The number of sulfonamides is 1. The molecule has 0 bridgehead atoms. The Balaban J connectivity index is 2.17. The van der Waals surface area contributed by atoms with E-state index in [9.17, 15) is 18.3 Å². The predicted octanol–water partition coefficient (Wildman–Crippen LogP) is 2.73. The van der Waals surface area contributed by atoms with Crippen molar-refractivity contribution in [3.8, 4) is 0 Å². The number of nitrogens with one attached hydrogen (secondary N) is 2. The lowest BCUT2D eigenvalue weighted by Gasteiger charge is -2.13. The number of hydrogen-bond donors (Lipinski definition) is 3. The first-order valence-corrected chi connectivity index (χ1v) is 9.45. The second kappa shape index (κ2) is 8.13. The van der Waals surface area contributed by atoms with Crippen molar-refractivity contribution in [1.29, 1.82) is 0 Å². The van der Waals surface area contributed by atoms with Crippen LogP contribution in [0.4, 0.5) is 5.69 Å². The van der Waals surface area contributed by atoms with Gasteiger partial charge in [-0.3, -0.25) is 0 Å². The molecule has 0 aliphatic rings. The van der Waals surface area contributed by atoms with Gasteiger partial charge in [0.2, 0.25) is 10.0 Å². The molecule has 0 saturated carbocycles. The summed E-state index contributed by atoms with van der Waals surface area (Å²) < 4.78 is 26.9. The molecule has 0 aromatic heterocycles. The zero-order valence-electron chi connectivity index (χ0n) is 14.2. The van der Waals surface area contributed by atoms with Crippen molar-refractivity contribution < 1.29 is 18.3 Å². The van der Waals surface area contributed by atoms with Crippen LogP contribution >= 0.6 is 0 Å². The standard InChI is InChI=1S/C18H22N2O4S/c1-13(2)20-25(23,24)15-8-9-17(16(12-15)18(21)22)19-11-10-14-6-4-3-5-7-14/h3-9,12-13,19-20H,10-11H2,1-2H3,(H,21,22). The van der Waals surface area contributed by atoms with Gasteiger partial charge in [-0.2, -0.15) is 0 Å². The molecule has 0 radical (unpaired) electrons. The summed E-state index contributed by atoms with van der Waals surface area (Å²) in [4.78, 5) is 11.4. The minimum atomic E-state index is -3.74. The molecule has 0 amide bonds. The lowest BCUT2D eigenvalue weighted by molar-refractivity contribution is 0.0697. The maximum absolute atomic E-state index is 12.2. The van der Waals surface area contributed by atoms with Crippen LogP contribution in [0.15, 0.2) is 53.4 Å². The fraction of sp³-hybridized carbons (Fsp3) is 0.278. The van der Waals surface area contributed by atoms with Crippen molar-refractivity contribution in [3.63, 3.8) is 0 Å². The Morgan fingerprint density at radius 2 is 1.80 bits per heavy atom. The van der Waals surface area contributed by atoms with Crippen LogP contribution in [0.3, 0.4) is 0 Å². The van der Waals surface area contributed by atoms with Crippen LogP contribution in [0.2, 0.25) is 0 Å². The van der Waals surface area contributed by atoms with E-state index in [0.717, 1.165) is 12.0 Å².